The number of nitrogens with two attached hydrogens (primary N) is 1. The van der Waals surface area contributed by atoms with Crippen LogP contribution >= 0.6 is 11.3 Å². The number of rotatable bonds is 6. The Labute approximate surface area is 118 Å². The van der Waals surface area contributed by atoms with Crippen LogP contribution < -0.4 is 16.4 Å². The molecule has 3 rings (SSSR count). The van der Waals surface area contributed by atoms with Crippen LogP contribution in [0.15, 0.2) is 10.9 Å². The van der Waals surface area contributed by atoms with E-state index in [2.05, 4.69) is 25.8 Å². The molecule has 0 radical (unpaired) electrons. The first-order chi connectivity index (χ1) is 9.72. The Balaban J connectivity index is 1.54. The van der Waals surface area contributed by atoms with Crippen molar-refractivity contribution < 1.29 is 9.32 Å². The lowest BCUT2D eigenvalue weighted by molar-refractivity contribution is 0.0958. The molecule has 0 aromatic carbocycles. The van der Waals surface area contributed by atoms with Crippen LogP contribution in [0.5, 0.6) is 0 Å². The maximum Gasteiger partial charge on any atom is 0.265 e. The van der Waals surface area contributed by atoms with E-state index < -0.39 is 0 Å². The van der Waals surface area contributed by atoms with Gasteiger partial charge in [0, 0.05) is 19.0 Å². The van der Waals surface area contributed by atoms with Gasteiger partial charge in [0.2, 0.25) is 5.89 Å². The number of anilines is 2. The number of hydrogen-bond acceptors (Lipinski definition) is 8. The summed E-state index contributed by atoms with van der Waals surface area (Å²) in [5, 5.41) is 10.2. The van der Waals surface area contributed by atoms with Crippen LogP contribution in [0.25, 0.3) is 0 Å². The van der Waals surface area contributed by atoms with Crippen LogP contribution in [0, 0.1) is 0 Å². The highest BCUT2D eigenvalue weighted by atomic mass is 32.1. The number of carbonyl (C=O) groups is 1. The van der Waals surface area contributed by atoms with Gasteiger partial charge >= 0.3 is 0 Å². The van der Waals surface area contributed by atoms with Gasteiger partial charge in [0.15, 0.2) is 11.5 Å². The Kier molecular flexibility index (Phi) is 3.50. The molecule has 0 atom stereocenters. The molecule has 1 aliphatic rings. The predicted molar refractivity (Wildman–Crippen MR) is 73.5 cm³/mol. The summed E-state index contributed by atoms with van der Waals surface area (Å²) in [6.07, 6.45) is 4.10. The molecule has 0 aliphatic heterocycles. The summed E-state index contributed by atoms with van der Waals surface area (Å²) < 4.78 is 4.84. The van der Waals surface area contributed by atoms with Crippen LogP contribution in [0.1, 0.15) is 28.4 Å². The number of carbonyl (C=O) groups excluding carboxylic acids is 1. The highest BCUT2D eigenvalue weighted by Gasteiger charge is 2.24. The molecule has 106 valence electrons. The minimum Gasteiger partial charge on any atom is -0.382 e. The molecule has 1 fully saturated rings. The molecule has 8 nitrogen and oxygen atoms in total. The first-order valence-corrected chi connectivity index (χ1v) is 7.10. The van der Waals surface area contributed by atoms with Gasteiger partial charge in [-0.25, -0.2) is 4.98 Å². The van der Waals surface area contributed by atoms with Crippen LogP contribution in [-0.2, 0) is 6.42 Å². The Hall–Kier alpha value is -2.16. The average molecular weight is 294 g/mol. The molecule has 2 aromatic rings. The standard InChI is InChI=1S/C11H14N6O2S/c12-9-8(20-11(17-9)16-6-1-2-6)10(18)13-4-3-7-14-5-15-19-7/h5-6H,1-4,12H2,(H,13,18)(H,16,17). The smallest absolute Gasteiger partial charge is 0.265 e. The first-order valence-electron chi connectivity index (χ1n) is 6.29. The molecule has 2 heterocycles. The summed E-state index contributed by atoms with van der Waals surface area (Å²) in [4.78, 5) is 20.4. The third kappa shape index (κ3) is 3.05. The molecule has 0 spiro atoms. The maximum atomic E-state index is 12.0. The molecule has 1 aliphatic carbocycles. The second kappa shape index (κ2) is 5.45. The highest BCUT2D eigenvalue weighted by molar-refractivity contribution is 7.18. The van der Waals surface area contributed by atoms with E-state index in [0.29, 0.717) is 34.9 Å². The number of aromatic nitrogens is 3. The Morgan fingerprint density at radius 3 is 3.10 bits per heavy atom. The van der Waals surface area contributed by atoms with Gasteiger partial charge in [-0.2, -0.15) is 4.98 Å². The second-order valence-corrected chi connectivity index (χ2v) is 5.49. The lowest BCUT2D eigenvalue weighted by Gasteiger charge is -2.01. The van der Waals surface area contributed by atoms with Gasteiger partial charge in [0.1, 0.15) is 10.7 Å². The summed E-state index contributed by atoms with van der Waals surface area (Å²) in [7, 11) is 0. The van der Waals surface area contributed by atoms with Crippen LogP contribution in [0.3, 0.4) is 0 Å². The van der Waals surface area contributed by atoms with Crippen molar-refractivity contribution in [1.82, 2.24) is 20.4 Å². The van der Waals surface area contributed by atoms with Gasteiger partial charge in [-0.1, -0.05) is 16.5 Å². The minimum absolute atomic E-state index is 0.233. The zero-order chi connectivity index (χ0) is 13.9. The Morgan fingerprint density at radius 1 is 1.55 bits per heavy atom. The van der Waals surface area contributed by atoms with Crippen LogP contribution in [0.4, 0.5) is 10.9 Å². The van der Waals surface area contributed by atoms with E-state index in [4.69, 9.17) is 10.3 Å². The van der Waals surface area contributed by atoms with E-state index in [1.165, 1.54) is 17.7 Å². The fourth-order valence-electron chi connectivity index (χ4n) is 1.63. The predicted octanol–water partition coefficient (Wildman–Crippen LogP) is 0.655. The van der Waals surface area contributed by atoms with E-state index in [0.717, 1.165) is 12.8 Å². The van der Waals surface area contributed by atoms with Crippen molar-refractivity contribution in [1.29, 1.82) is 0 Å². The molecule has 2 aromatic heterocycles. The fourth-order valence-corrected chi connectivity index (χ4v) is 2.51. The summed E-state index contributed by atoms with van der Waals surface area (Å²) >= 11 is 1.27. The van der Waals surface area contributed by atoms with Crippen molar-refractivity contribution in [3.05, 3.63) is 17.1 Å². The van der Waals surface area contributed by atoms with E-state index in [-0.39, 0.29) is 11.7 Å². The normalized spacial score (nSPS) is 14.2. The number of thiazole rings is 1. The lowest BCUT2D eigenvalue weighted by Crippen LogP contribution is -2.25. The Morgan fingerprint density at radius 2 is 2.40 bits per heavy atom. The largest absolute Gasteiger partial charge is 0.382 e. The number of hydrogen-bond donors (Lipinski definition) is 3. The van der Waals surface area contributed by atoms with E-state index in [1.807, 2.05) is 0 Å². The molecule has 1 amide bonds. The van der Waals surface area contributed by atoms with Gasteiger partial charge in [-0.05, 0) is 12.8 Å². The van der Waals surface area contributed by atoms with Crippen LogP contribution in [0.2, 0.25) is 0 Å². The van der Waals surface area contributed by atoms with E-state index >= 15 is 0 Å². The zero-order valence-corrected chi connectivity index (χ0v) is 11.4. The van der Waals surface area contributed by atoms with Crippen LogP contribution in [-0.4, -0.2) is 33.6 Å². The maximum absolute atomic E-state index is 12.0. The van der Waals surface area contributed by atoms with E-state index in [9.17, 15) is 4.79 Å². The summed E-state index contributed by atoms with van der Waals surface area (Å²) in [6.45, 7) is 0.407. The van der Waals surface area contributed by atoms with Crippen molar-refractivity contribution >= 4 is 28.2 Å². The third-order valence-electron chi connectivity index (χ3n) is 2.80. The number of nitrogens with zero attached hydrogens (tertiary/aromatic N) is 3. The van der Waals surface area contributed by atoms with Gasteiger partial charge < -0.3 is 20.9 Å². The average Bonchev–Trinajstić information content (AvgIpc) is 2.94. The molecule has 0 unspecified atom stereocenters. The first kappa shape index (κ1) is 12.9. The number of amides is 1. The highest BCUT2D eigenvalue weighted by Crippen LogP contribution is 2.30. The monoisotopic (exact) mass is 294 g/mol. The fraction of sp³-hybridized carbons (Fsp3) is 0.455. The zero-order valence-electron chi connectivity index (χ0n) is 10.6. The molecular weight excluding hydrogens is 280 g/mol. The SMILES string of the molecule is Nc1nc(NC2CC2)sc1C(=O)NCCc1ncno1. The molecule has 9 heteroatoms. The van der Waals surface area contributed by atoms with Crippen molar-refractivity contribution in [2.24, 2.45) is 0 Å². The Bertz CT molecular complexity index is 592. The summed E-state index contributed by atoms with van der Waals surface area (Å²) in [6, 6.07) is 0.481. The van der Waals surface area contributed by atoms with Crippen molar-refractivity contribution in [3.63, 3.8) is 0 Å². The quantitative estimate of drug-likeness (QED) is 0.715. The second-order valence-electron chi connectivity index (χ2n) is 4.49. The third-order valence-corrected chi connectivity index (χ3v) is 3.80. The molecule has 1 saturated carbocycles. The van der Waals surface area contributed by atoms with Crippen molar-refractivity contribution in [3.8, 4) is 0 Å². The molecule has 0 saturated heterocycles. The van der Waals surface area contributed by atoms with E-state index in [1.54, 1.807) is 0 Å². The molecule has 0 bridgehead atoms. The molecular formula is C11H14N6O2S. The molecule has 20 heavy (non-hydrogen) atoms. The van der Waals surface area contributed by atoms with Crippen molar-refractivity contribution in [2.45, 2.75) is 25.3 Å². The minimum atomic E-state index is -0.233. The van der Waals surface area contributed by atoms with Gasteiger partial charge in [0.25, 0.3) is 5.91 Å². The van der Waals surface area contributed by atoms with Crippen molar-refractivity contribution in [2.75, 3.05) is 17.6 Å². The number of nitrogens with one attached hydrogen (secondary N) is 2. The summed E-state index contributed by atoms with van der Waals surface area (Å²) in [5.41, 5.74) is 5.76. The topological polar surface area (TPSA) is 119 Å². The lowest BCUT2D eigenvalue weighted by atomic mass is 10.4. The van der Waals surface area contributed by atoms with Gasteiger partial charge in [-0.3, -0.25) is 4.79 Å². The summed E-state index contributed by atoms with van der Waals surface area (Å²) in [5.74, 6) is 0.510. The van der Waals surface area contributed by atoms with Gasteiger partial charge in [-0.15, -0.1) is 0 Å². The number of nitrogen functional groups attached to an aromatic ring is 1. The van der Waals surface area contributed by atoms with Gasteiger partial charge in [0.05, 0.1) is 0 Å². The molecule has 4 N–H and O–H groups in total.